The predicted molar refractivity (Wildman–Crippen MR) is 155 cm³/mol. The molecule has 218 valence electrons. The van der Waals surface area contributed by atoms with Crippen LogP contribution in [0.5, 0.6) is 0 Å². The second kappa shape index (κ2) is 14.0. The molecule has 1 saturated heterocycles. The molecule has 0 aromatic heterocycles. The molecule has 4 rings (SSSR count). The van der Waals surface area contributed by atoms with Crippen LogP contribution in [0.15, 0.2) is 66.9 Å². The van der Waals surface area contributed by atoms with Crippen molar-refractivity contribution in [1.29, 1.82) is 0 Å². The molecule has 2 heterocycles. The Morgan fingerprint density at radius 3 is 2.24 bits per heavy atom. The van der Waals surface area contributed by atoms with Crippen LogP contribution < -0.4 is 10.6 Å². The molecule has 0 bridgehead atoms. The number of hydrogen-bond donors (Lipinski definition) is 2. The van der Waals surface area contributed by atoms with Crippen LogP contribution >= 0.6 is 0 Å². The second-order valence-electron chi connectivity index (χ2n) is 10.6. The quantitative estimate of drug-likeness (QED) is 0.455. The Bertz CT molecular complexity index is 1240. The van der Waals surface area contributed by atoms with Crippen molar-refractivity contribution in [2.24, 2.45) is 5.92 Å². The minimum absolute atomic E-state index is 0.149. The molecule has 2 aromatic carbocycles. The summed E-state index contributed by atoms with van der Waals surface area (Å²) in [6, 6.07) is 17.1. The van der Waals surface area contributed by atoms with Gasteiger partial charge in [-0.15, -0.1) is 0 Å². The predicted octanol–water partition coefficient (Wildman–Crippen LogP) is 1.49. The van der Waals surface area contributed by atoms with E-state index in [1.165, 1.54) is 16.9 Å². The third-order valence-electron chi connectivity index (χ3n) is 7.27. The molecule has 2 aliphatic rings. The number of ether oxygens (including phenoxy) is 1. The van der Waals surface area contributed by atoms with Crippen LogP contribution in [0.3, 0.4) is 0 Å². The van der Waals surface area contributed by atoms with Gasteiger partial charge in [0.25, 0.3) is 11.8 Å². The molecule has 2 atom stereocenters. The van der Waals surface area contributed by atoms with Gasteiger partial charge in [-0.1, -0.05) is 74.5 Å². The summed E-state index contributed by atoms with van der Waals surface area (Å²) < 4.78 is 5.07. The lowest BCUT2D eigenvalue weighted by atomic mass is 9.97. The molecule has 2 aliphatic heterocycles. The number of methoxy groups -OCH3 is 1. The van der Waals surface area contributed by atoms with E-state index in [2.05, 4.69) is 10.6 Å². The highest BCUT2D eigenvalue weighted by Crippen LogP contribution is 2.30. The van der Waals surface area contributed by atoms with Gasteiger partial charge < -0.3 is 25.2 Å². The van der Waals surface area contributed by atoms with Crippen molar-refractivity contribution in [1.82, 2.24) is 25.3 Å². The summed E-state index contributed by atoms with van der Waals surface area (Å²) in [6.45, 7) is 5.76. The van der Waals surface area contributed by atoms with E-state index in [-0.39, 0.29) is 36.8 Å². The maximum Gasteiger partial charge on any atom is 0.253 e. The number of benzene rings is 2. The summed E-state index contributed by atoms with van der Waals surface area (Å²) in [6.07, 6.45) is 1.96. The average Bonchev–Trinajstić information content (AvgIpc) is 2.98. The van der Waals surface area contributed by atoms with E-state index in [0.717, 1.165) is 5.56 Å². The number of carbonyl (C=O) groups is 4. The molecule has 10 heteroatoms. The fourth-order valence-electron chi connectivity index (χ4n) is 5.25. The van der Waals surface area contributed by atoms with Gasteiger partial charge in [0, 0.05) is 45.9 Å². The van der Waals surface area contributed by atoms with Gasteiger partial charge >= 0.3 is 0 Å². The molecule has 1 unspecified atom stereocenters. The van der Waals surface area contributed by atoms with Crippen LogP contribution in [0.2, 0.25) is 0 Å². The van der Waals surface area contributed by atoms with Crippen molar-refractivity contribution in [3.8, 4) is 0 Å². The Morgan fingerprint density at radius 2 is 1.63 bits per heavy atom. The number of nitrogens with one attached hydrogen (secondary N) is 2. The first kappa shape index (κ1) is 30.0. The smallest absolute Gasteiger partial charge is 0.253 e. The highest BCUT2D eigenvalue weighted by Gasteiger charge is 2.41. The molecule has 10 nitrogen and oxygen atoms in total. The summed E-state index contributed by atoms with van der Waals surface area (Å²) in [5, 5.41) is 6.17. The molecule has 41 heavy (non-hydrogen) atoms. The summed E-state index contributed by atoms with van der Waals surface area (Å²) in [5.74, 6) is -1.54. The molecular weight excluding hydrogens is 522 g/mol. The van der Waals surface area contributed by atoms with E-state index in [4.69, 9.17) is 4.74 Å². The SMILES string of the molecule is COCC(=O)N1C=C(c2ccccc2)N(CC(=O)N[C@@H](Cc2ccccc2)C(=O)N2CCNCC2)C(=O)C1C(C)C. The number of nitrogens with zero attached hydrogens (tertiary/aromatic N) is 3. The van der Waals surface area contributed by atoms with E-state index in [1.807, 2.05) is 74.5 Å². The topological polar surface area (TPSA) is 111 Å². The van der Waals surface area contributed by atoms with Crippen LogP contribution in [0, 0.1) is 5.92 Å². The van der Waals surface area contributed by atoms with Gasteiger partial charge in [-0.2, -0.15) is 0 Å². The molecule has 2 aromatic rings. The Balaban J connectivity index is 1.62. The average molecular weight is 562 g/mol. The van der Waals surface area contributed by atoms with Crippen molar-refractivity contribution >= 4 is 29.3 Å². The lowest BCUT2D eigenvalue weighted by Crippen LogP contribution is -2.58. The fraction of sp³-hybridized carbons (Fsp3) is 0.419. The minimum Gasteiger partial charge on any atom is -0.375 e. The van der Waals surface area contributed by atoms with Gasteiger partial charge in [0.15, 0.2) is 0 Å². The normalized spacial score (nSPS) is 18.2. The molecule has 1 fully saturated rings. The Hall–Kier alpha value is -4.02. The van der Waals surface area contributed by atoms with E-state index >= 15 is 0 Å². The molecule has 0 saturated carbocycles. The van der Waals surface area contributed by atoms with Crippen molar-refractivity contribution < 1.29 is 23.9 Å². The standard InChI is InChI=1S/C31H39N5O5/c1-22(2)29-31(40)35(26(24-12-8-5-9-13-24)19-36(29)28(38)21-41-3)20-27(37)33-25(18-23-10-6-4-7-11-23)30(39)34-16-14-32-15-17-34/h4-13,19,22,25,29,32H,14-18,20-21H2,1-3H3,(H,33,37)/t25-,29?/m0/s1. The molecular formula is C31H39N5O5. The van der Waals surface area contributed by atoms with Crippen molar-refractivity contribution in [3.63, 3.8) is 0 Å². The zero-order valence-corrected chi connectivity index (χ0v) is 23.9. The lowest BCUT2D eigenvalue weighted by molar-refractivity contribution is -0.147. The molecule has 2 N–H and O–H groups in total. The Morgan fingerprint density at radius 1 is 1.00 bits per heavy atom. The first-order valence-electron chi connectivity index (χ1n) is 14.0. The first-order valence-corrected chi connectivity index (χ1v) is 14.0. The van der Waals surface area contributed by atoms with Gasteiger partial charge in [0.1, 0.15) is 25.2 Å². The van der Waals surface area contributed by atoms with Crippen molar-refractivity contribution in [3.05, 3.63) is 78.0 Å². The highest BCUT2D eigenvalue weighted by atomic mass is 16.5. The number of carbonyl (C=O) groups excluding carboxylic acids is 4. The maximum atomic E-state index is 14.0. The summed E-state index contributed by atoms with van der Waals surface area (Å²) in [5.41, 5.74) is 2.04. The van der Waals surface area contributed by atoms with Crippen LogP contribution in [0.25, 0.3) is 5.70 Å². The van der Waals surface area contributed by atoms with Gasteiger partial charge in [0.2, 0.25) is 11.8 Å². The third-order valence-corrected chi connectivity index (χ3v) is 7.27. The van der Waals surface area contributed by atoms with E-state index in [0.29, 0.717) is 43.9 Å². The number of rotatable bonds is 10. The lowest BCUT2D eigenvalue weighted by Gasteiger charge is -2.41. The van der Waals surface area contributed by atoms with Crippen LogP contribution in [-0.2, 0) is 30.3 Å². The zero-order chi connectivity index (χ0) is 29.4. The number of amides is 4. The largest absolute Gasteiger partial charge is 0.375 e. The number of hydrogen-bond acceptors (Lipinski definition) is 6. The molecule has 0 aliphatic carbocycles. The van der Waals surface area contributed by atoms with E-state index in [1.54, 1.807) is 11.1 Å². The first-order chi connectivity index (χ1) is 19.8. The Labute approximate surface area is 241 Å². The van der Waals surface area contributed by atoms with Gasteiger partial charge in [0.05, 0.1) is 5.70 Å². The van der Waals surface area contributed by atoms with Gasteiger partial charge in [-0.05, 0) is 17.0 Å². The fourth-order valence-corrected chi connectivity index (χ4v) is 5.25. The summed E-state index contributed by atoms with van der Waals surface area (Å²) in [4.78, 5) is 58.7. The zero-order valence-electron chi connectivity index (χ0n) is 23.9. The molecule has 4 amide bonds. The Kier molecular flexibility index (Phi) is 10.3. The molecule has 0 radical (unpaired) electrons. The minimum atomic E-state index is -0.805. The van der Waals surface area contributed by atoms with Crippen LogP contribution in [0.1, 0.15) is 25.0 Å². The highest BCUT2D eigenvalue weighted by molar-refractivity contribution is 6.00. The van der Waals surface area contributed by atoms with Gasteiger partial charge in [-0.3, -0.25) is 24.1 Å². The monoisotopic (exact) mass is 561 g/mol. The maximum absolute atomic E-state index is 14.0. The third kappa shape index (κ3) is 7.39. The summed E-state index contributed by atoms with van der Waals surface area (Å²) in [7, 11) is 1.43. The van der Waals surface area contributed by atoms with E-state index in [9.17, 15) is 19.2 Å². The molecule has 0 spiro atoms. The van der Waals surface area contributed by atoms with E-state index < -0.39 is 18.0 Å². The van der Waals surface area contributed by atoms with Crippen molar-refractivity contribution in [2.45, 2.75) is 32.4 Å². The van der Waals surface area contributed by atoms with Crippen LogP contribution in [0.4, 0.5) is 0 Å². The van der Waals surface area contributed by atoms with Gasteiger partial charge in [-0.25, -0.2) is 0 Å². The van der Waals surface area contributed by atoms with Crippen molar-refractivity contribution in [2.75, 3.05) is 46.4 Å². The number of piperazine rings is 1. The second-order valence-corrected chi connectivity index (χ2v) is 10.6. The summed E-state index contributed by atoms with van der Waals surface area (Å²) >= 11 is 0. The van der Waals surface area contributed by atoms with Crippen LogP contribution in [-0.4, -0.2) is 96.9 Å².